The second-order valence-corrected chi connectivity index (χ2v) is 4.59. The maximum Gasteiger partial charge on any atom is 0.123 e. The number of hydrogen-bond donors (Lipinski definition) is 0. The Hall–Kier alpha value is -1.16. The summed E-state index contributed by atoms with van der Waals surface area (Å²) >= 11 is 0. The van der Waals surface area contributed by atoms with Gasteiger partial charge in [0.05, 0.1) is 6.20 Å². The van der Waals surface area contributed by atoms with E-state index in [-0.39, 0.29) is 0 Å². The predicted octanol–water partition coefficient (Wildman–Crippen LogP) is 0.873. The summed E-state index contributed by atoms with van der Waals surface area (Å²) < 4.78 is 1.84. The SMILES string of the molecule is Cn1cc(CCN2CCC(C=O)CC2)cn1. The van der Waals surface area contributed by atoms with Crippen molar-refractivity contribution in [2.45, 2.75) is 19.3 Å². The van der Waals surface area contributed by atoms with Gasteiger partial charge in [0.15, 0.2) is 0 Å². The van der Waals surface area contributed by atoms with Crippen molar-refractivity contribution in [2.75, 3.05) is 19.6 Å². The van der Waals surface area contributed by atoms with Crippen LogP contribution in [0.2, 0.25) is 0 Å². The predicted molar refractivity (Wildman–Crippen MR) is 62.1 cm³/mol. The molecule has 88 valence electrons. The van der Waals surface area contributed by atoms with Crippen molar-refractivity contribution >= 4 is 6.29 Å². The summed E-state index contributed by atoms with van der Waals surface area (Å²) in [5.74, 6) is 0.301. The molecule has 0 radical (unpaired) electrons. The van der Waals surface area contributed by atoms with E-state index >= 15 is 0 Å². The minimum Gasteiger partial charge on any atom is -0.303 e. The zero-order valence-corrected chi connectivity index (χ0v) is 9.80. The van der Waals surface area contributed by atoms with Crippen molar-refractivity contribution in [3.05, 3.63) is 18.0 Å². The van der Waals surface area contributed by atoms with Gasteiger partial charge in [-0.25, -0.2) is 0 Å². The van der Waals surface area contributed by atoms with Crippen LogP contribution in [-0.2, 0) is 18.3 Å². The van der Waals surface area contributed by atoms with Gasteiger partial charge in [-0.05, 0) is 37.9 Å². The number of carbonyl (C=O) groups excluding carboxylic acids is 1. The minimum atomic E-state index is 0.301. The first kappa shape index (κ1) is 11.3. The zero-order chi connectivity index (χ0) is 11.4. The fourth-order valence-electron chi connectivity index (χ4n) is 2.20. The molecule has 4 heteroatoms. The van der Waals surface area contributed by atoms with E-state index in [0.29, 0.717) is 5.92 Å². The van der Waals surface area contributed by atoms with Crippen molar-refractivity contribution in [1.82, 2.24) is 14.7 Å². The van der Waals surface area contributed by atoms with Gasteiger partial charge in [0.25, 0.3) is 0 Å². The van der Waals surface area contributed by atoms with Gasteiger partial charge in [-0.3, -0.25) is 4.68 Å². The van der Waals surface area contributed by atoms with Gasteiger partial charge in [-0.15, -0.1) is 0 Å². The maximum absolute atomic E-state index is 10.6. The fraction of sp³-hybridized carbons (Fsp3) is 0.667. The molecule has 0 unspecified atom stereocenters. The van der Waals surface area contributed by atoms with Crippen LogP contribution in [0.3, 0.4) is 0 Å². The highest BCUT2D eigenvalue weighted by Crippen LogP contribution is 2.15. The third-order valence-electron chi connectivity index (χ3n) is 3.30. The molecule has 1 fully saturated rings. The van der Waals surface area contributed by atoms with Crippen LogP contribution >= 0.6 is 0 Å². The average Bonchev–Trinajstić information content (AvgIpc) is 2.73. The molecule has 0 saturated carbocycles. The van der Waals surface area contributed by atoms with Gasteiger partial charge in [0.1, 0.15) is 6.29 Å². The van der Waals surface area contributed by atoms with Crippen LogP contribution in [0, 0.1) is 5.92 Å². The van der Waals surface area contributed by atoms with E-state index in [9.17, 15) is 4.79 Å². The van der Waals surface area contributed by atoms with E-state index in [1.807, 2.05) is 17.9 Å². The molecule has 0 spiro atoms. The molecule has 2 rings (SSSR count). The van der Waals surface area contributed by atoms with Crippen molar-refractivity contribution in [1.29, 1.82) is 0 Å². The Kier molecular flexibility index (Phi) is 3.72. The van der Waals surface area contributed by atoms with Crippen LogP contribution in [0.1, 0.15) is 18.4 Å². The molecule has 16 heavy (non-hydrogen) atoms. The zero-order valence-electron chi connectivity index (χ0n) is 9.80. The summed E-state index contributed by atoms with van der Waals surface area (Å²) in [6.07, 6.45) is 8.21. The Labute approximate surface area is 96.2 Å². The normalized spacial score (nSPS) is 18.8. The van der Waals surface area contributed by atoms with Gasteiger partial charge >= 0.3 is 0 Å². The number of rotatable bonds is 4. The number of aldehydes is 1. The Bertz CT molecular complexity index is 340. The summed E-state index contributed by atoms with van der Waals surface area (Å²) in [6.45, 7) is 3.20. The highest BCUT2D eigenvalue weighted by molar-refractivity contribution is 5.53. The molecule has 2 heterocycles. The summed E-state index contributed by atoms with van der Waals surface area (Å²) in [6, 6.07) is 0. The molecule has 0 bridgehead atoms. The molecule has 0 atom stereocenters. The Morgan fingerprint density at radius 1 is 1.50 bits per heavy atom. The maximum atomic E-state index is 10.6. The lowest BCUT2D eigenvalue weighted by atomic mass is 9.98. The lowest BCUT2D eigenvalue weighted by Gasteiger charge is -2.29. The lowest BCUT2D eigenvalue weighted by Crippen LogP contribution is -2.35. The van der Waals surface area contributed by atoms with E-state index in [4.69, 9.17) is 0 Å². The van der Waals surface area contributed by atoms with Gasteiger partial charge in [-0.2, -0.15) is 5.10 Å². The molecule has 0 aromatic carbocycles. The van der Waals surface area contributed by atoms with Crippen molar-refractivity contribution < 1.29 is 4.79 Å². The summed E-state index contributed by atoms with van der Waals surface area (Å²) in [5.41, 5.74) is 1.29. The van der Waals surface area contributed by atoms with Gasteiger partial charge < -0.3 is 9.69 Å². The van der Waals surface area contributed by atoms with Crippen LogP contribution in [0.15, 0.2) is 12.4 Å². The Morgan fingerprint density at radius 3 is 2.81 bits per heavy atom. The van der Waals surface area contributed by atoms with E-state index in [1.54, 1.807) is 0 Å². The highest BCUT2D eigenvalue weighted by atomic mass is 16.1. The standard InChI is InChI=1S/C12H19N3O/c1-14-9-12(8-13-14)4-7-15-5-2-11(10-16)3-6-15/h8-11H,2-7H2,1H3. The number of piperidine rings is 1. The van der Waals surface area contributed by atoms with Crippen LogP contribution in [-0.4, -0.2) is 40.6 Å². The van der Waals surface area contributed by atoms with Crippen LogP contribution in [0.25, 0.3) is 0 Å². The van der Waals surface area contributed by atoms with Crippen LogP contribution < -0.4 is 0 Å². The largest absolute Gasteiger partial charge is 0.303 e. The van der Waals surface area contributed by atoms with Gasteiger partial charge in [0.2, 0.25) is 0 Å². The molecule has 0 aliphatic carbocycles. The molecular formula is C12H19N3O. The van der Waals surface area contributed by atoms with Crippen molar-refractivity contribution in [2.24, 2.45) is 13.0 Å². The van der Waals surface area contributed by atoms with Crippen LogP contribution in [0.4, 0.5) is 0 Å². The molecule has 0 N–H and O–H groups in total. The minimum absolute atomic E-state index is 0.301. The third-order valence-corrected chi connectivity index (χ3v) is 3.30. The molecule has 1 aliphatic rings. The lowest BCUT2D eigenvalue weighted by molar-refractivity contribution is -0.112. The topological polar surface area (TPSA) is 38.1 Å². The van der Waals surface area contributed by atoms with Crippen molar-refractivity contribution in [3.8, 4) is 0 Å². The number of carbonyl (C=O) groups is 1. The molecule has 0 amide bonds. The average molecular weight is 221 g/mol. The fourth-order valence-corrected chi connectivity index (χ4v) is 2.20. The third kappa shape index (κ3) is 2.92. The second kappa shape index (κ2) is 5.25. The molecule has 1 aromatic heterocycles. The smallest absolute Gasteiger partial charge is 0.123 e. The first-order valence-electron chi connectivity index (χ1n) is 5.93. The van der Waals surface area contributed by atoms with E-state index in [2.05, 4.69) is 16.2 Å². The molecular weight excluding hydrogens is 202 g/mol. The van der Waals surface area contributed by atoms with E-state index in [1.165, 1.54) is 5.56 Å². The summed E-state index contributed by atoms with van der Waals surface area (Å²) in [5, 5.41) is 4.16. The Morgan fingerprint density at radius 2 is 2.25 bits per heavy atom. The number of aryl methyl sites for hydroxylation is 1. The first-order chi connectivity index (χ1) is 7.78. The summed E-state index contributed by atoms with van der Waals surface area (Å²) in [7, 11) is 1.94. The number of aromatic nitrogens is 2. The summed E-state index contributed by atoms with van der Waals surface area (Å²) in [4.78, 5) is 13.1. The number of hydrogen-bond acceptors (Lipinski definition) is 3. The molecule has 4 nitrogen and oxygen atoms in total. The molecule has 1 aromatic rings. The first-order valence-corrected chi connectivity index (χ1v) is 5.93. The highest BCUT2D eigenvalue weighted by Gasteiger charge is 2.17. The monoisotopic (exact) mass is 221 g/mol. The van der Waals surface area contributed by atoms with Gasteiger partial charge in [0, 0.05) is 25.7 Å². The van der Waals surface area contributed by atoms with E-state index in [0.717, 1.165) is 45.2 Å². The second-order valence-electron chi connectivity index (χ2n) is 4.59. The van der Waals surface area contributed by atoms with Crippen molar-refractivity contribution in [3.63, 3.8) is 0 Å². The number of likely N-dealkylation sites (tertiary alicyclic amines) is 1. The quantitative estimate of drug-likeness (QED) is 0.708. The van der Waals surface area contributed by atoms with E-state index < -0.39 is 0 Å². The Balaban J connectivity index is 1.73. The van der Waals surface area contributed by atoms with Gasteiger partial charge in [-0.1, -0.05) is 0 Å². The van der Waals surface area contributed by atoms with Crippen LogP contribution in [0.5, 0.6) is 0 Å². The molecule has 1 saturated heterocycles. The molecule has 1 aliphatic heterocycles. The number of nitrogens with zero attached hydrogens (tertiary/aromatic N) is 3.